The number of benzene rings is 1. The van der Waals surface area contributed by atoms with Crippen LogP contribution in [0, 0.1) is 5.82 Å². The SMILES string of the molecule is CCc1oncc1-c1cc(F)cc(C(=O)OC)c1. The lowest BCUT2D eigenvalue weighted by atomic mass is 10.0. The lowest BCUT2D eigenvalue weighted by Crippen LogP contribution is -2.02. The zero-order chi connectivity index (χ0) is 13.1. The minimum Gasteiger partial charge on any atom is -0.465 e. The molecule has 5 heteroatoms. The second-order valence-electron chi connectivity index (χ2n) is 3.74. The van der Waals surface area contributed by atoms with Crippen LogP contribution in [0.25, 0.3) is 11.1 Å². The van der Waals surface area contributed by atoms with E-state index in [0.29, 0.717) is 23.3 Å². The summed E-state index contributed by atoms with van der Waals surface area (Å²) in [6.45, 7) is 1.91. The number of hydrogen-bond acceptors (Lipinski definition) is 4. The highest BCUT2D eigenvalue weighted by atomic mass is 19.1. The monoisotopic (exact) mass is 249 g/mol. The van der Waals surface area contributed by atoms with Crippen LogP contribution in [0.4, 0.5) is 4.39 Å². The molecule has 0 saturated carbocycles. The Bertz CT molecular complexity index is 577. The van der Waals surface area contributed by atoms with Crippen molar-refractivity contribution in [2.45, 2.75) is 13.3 Å². The molecule has 0 bridgehead atoms. The number of carbonyl (C=O) groups is 1. The maximum Gasteiger partial charge on any atom is 0.337 e. The maximum atomic E-state index is 13.5. The molecule has 94 valence electrons. The molecule has 1 aromatic heterocycles. The number of hydrogen-bond donors (Lipinski definition) is 0. The molecule has 0 aliphatic rings. The van der Waals surface area contributed by atoms with Gasteiger partial charge in [0.25, 0.3) is 0 Å². The minimum atomic E-state index is -0.578. The summed E-state index contributed by atoms with van der Waals surface area (Å²) < 4.78 is 23.1. The van der Waals surface area contributed by atoms with E-state index in [0.717, 1.165) is 6.07 Å². The number of rotatable bonds is 3. The summed E-state index contributed by atoms with van der Waals surface area (Å²) in [5.41, 5.74) is 1.39. The maximum absolute atomic E-state index is 13.5. The Morgan fingerprint density at radius 1 is 1.44 bits per heavy atom. The molecule has 1 heterocycles. The first-order chi connectivity index (χ1) is 8.65. The first-order valence-corrected chi connectivity index (χ1v) is 5.48. The predicted octanol–water partition coefficient (Wildman–Crippen LogP) is 2.83. The van der Waals surface area contributed by atoms with Gasteiger partial charge in [-0.05, 0) is 23.8 Å². The van der Waals surface area contributed by atoms with Crippen LogP contribution in [0.2, 0.25) is 0 Å². The number of aromatic nitrogens is 1. The van der Waals surface area contributed by atoms with Gasteiger partial charge in [-0.1, -0.05) is 12.1 Å². The fourth-order valence-electron chi connectivity index (χ4n) is 1.74. The Balaban J connectivity index is 2.51. The van der Waals surface area contributed by atoms with Crippen LogP contribution in [-0.4, -0.2) is 18.2 Å². The molecule has 18 heavy (non-hydrogen) atoms. The summed E-state index contributed by atoms with van der Waals surface area (Å²) in [4.78, 5) is 11.4. The Labute approximate surface area is 103 Å². The van der Waals surface area contributed by atoms with Crippen molar-refractivity contribution < 1.29 is 18.4 Å². The number of nitrogens with zero attached hydrogens (tertiary/aromatic N) is 1. The standard InChI is InChI=1S/C13H12FNO3/c1-3-12-11(7-15-18-12)8-4-9(13(16)17-2)6-10(14)5-8/h4-7H,3H2,1-2H3. The second-order valence-corrected chi connectivity index (χ2v) is 3.74. The van der Waals surface area contributed by atoms with Crippen molar-refractivity contribution in [3.63, 3.8) is 0 Å². The molecule has 0 radical (unpaired) electrons. The van der Waals surface area contributed by atoms with Crippen molar-refractivity contribution in [1.82, 2.24) is 5.16 Å². The van der Waals surface area contributed by atoms with Crippen LogP contribution in [0.1, 0.15) is 23.0 Å². The van der Waals surface area contributed by atoms with Crippen molar-refractivity contribution in [3.8, 4) is 11.1 Å². The van der Waals surface area contributed by atoms with E-state index in [1.54, 1.807) is 6.07 Å². The van der Waals surface area contributed by atoms with E-state index in [1.165, 1.54) is 19.4 Å². The molecule has 0 aliphatic heterocycles. The number of ether oxygens (including phenoxy) is 1. The molecule has 0 saturated heterocycles. The first kappa shape index (κ1) is 12.3. The van der Waals surface area contributed by atoms with Crippen molar-refractivity contribution >= 4 is 5.97 Å². The molecule has 0 atom stereocenters. The van der Waals surface area contributed by atoms with Crippen LogP contribution in [-0.2, 0) is 11.2 Å². The molecule has 0 spiro atoms. The quantitative estimate of drug-likeness (QED) is 0.785. The zero-order valence-electron chi connectivity index (χ0n) is 10.1. The molecule has 4 nitrogen and oxygen atoms in total. The molecule has 0 N–H and O–H groups in total. The fraction of sp³-hybridized carbons (Fsp3) is 0.231. The summed E-state index contributed by atoms with van der Waals surface area (Å²) in [6.07, 6.45) is 2.15. The molecule has 0 fully saturated rings. The summed E-state index contributed by atoms with van der Waals surface area (Å²) in [5.74, 6) is -0.433. The van der Waals surface area contributed by atoms with Gasteiger partial charge in [0, 0.05) is 12.0 Å². The van der Waals surface area contributed by atoms with Crippen molar-refractivity contribution in [1.29, 1.82) is 0 Å². The third-order valence-corrected chi connectivity index (χ3v) is 2.60. The second kappa shape index (κ2) is 5.00. The van der Waals surface area contributed by atoms with E-state index in [2.05, 4.69) is 9.89 Å². The van der Waals surface area contributed by atoms with E-state index in [-0.39, 0.29) is 5.56 Å². The van der Waals surface area contributed by atoms with E-state index >= 15 is 0 Å². The van der Waals surface area contributed by atoms with Crippen LogP contribution < -0.4 is 0 Å². The van der Waals surface area contributed by atoms with E-state index in [9.17, 15) is 9.18 Å². The largest absolute Gasteiger partial charge is 0.465 e. The summed E-state index contributed by atoms with van der Waals surface area (Å²) in [6, 6.07) is 4.02. The van der Waals surface area contributed by atoms with Gasteiger partial charge in [0.1, 0.15) is 11.6 Å². The van der Waals surface area contributed by atoms with E-state index in [4.69, 9.17) is 4.52 Å². The Morgan fingerprint density at radius 3 is 2.89 bits per heavy atom. The molecule has 2 rings (SSSR count). The van der Waals surface area contributed by atoms with Gasteiger partial charge in [0.2, 0.25) is 0 Å². The van der Waals surface area contributed by atoms with E-state index < -0.39 is 11.8 Å². The molecule has 0 amide bonds. The van der Waals surface area contributed by atoms with Crippen molar-refractivity contribution in [2.24, 2.45) is 0 Å². The third kappa shape index (κ3) is 2.25. The van der Waals surface area contributed by atoms with Crippen molar-refractivity contribution in [2.75, 3.05) is 7.11 Å². The van der Waals surface area contributed by atoms with Gasteiger partial charge < -0.3 is 9.26 Å². The van der Waals surface area contributed by atoms with Gasteiger partial charge in [-0.3, -0.25) is 0 Å². The minimum absolute atomic E-state index is 0.163. The average Bonchev–Trinajstić information content (AvgIpc) is 2.85. The number of carbonyl (C=O) groups excluding carboxylic acids is 1. The van der Waals surface area contributed by atoms with Crippen LogP contribution in [0.5, 0.6) is 0 Å². The van der Waals surface area contributed by atoms with Gasteiger partial charge >= 0.3 is 5.97 Å². The highest BCUT2D eigenvalue weighted by molar-refractivity contribution is 5.91. The van der Waals surface area contributed by atoms with Gasteiger partial charge in [-0.2, -0.15) is 0 Å². The molecule has 0 unspecified atom stereocenters. The predicted molar refractivity (Wildman–Crippen MR) is 62.6 cm³/mol. The molecule has 1 aromatic carbocycles. The van der Waals surface area contributed by atoms with Gasteiger partial charge in [-0.25, -0.2) is 9.18 Å². The topological polar surface area (TPSA) is 52.3 Å². The van der Waals surface area contributed by atoms with Crippen LogP contribution in [0.15, 0.2) is 28.9 Å². The van der Waals surface area contributed by atoms with Crippen LogP contribution >= 0.6 is 0 Å². The normalized spacial score (nSPS) is 10.4. The third-order valence-electron chi connectivity index (χ3n) is 2.60. The zero-order valence-corrected chi connectivity index (χ0v) is 10.1. The summed E-state index contributed by atoms with van der Waals surface area (Å²) in [7, 11) is 1.25. The van der Waals surface area contributed by atoms with Gasteiger partial charge in [-0.15, -0.1) is 0 Å². The lowest BCUT2D eigenvalue weighted by Gasteiger charge is -2.04. The van der Waals surface area contributed by atoms with E-state index in [1.807, 2.05) is 6.92 Å². The van der Waals surface area contributed by atoms with Crippen molar-refractivity contribution in [3.05, 3.63) is 41.5 Å². The molecule has 0 aliphatic carbocycles. The number of esters is 1. The Morgan fingerprint density at radius 2 is 2.22 bits per heavy atom. The fourth-order valence-corrected chi connectivity index (χ4v) is 1.74. The number of halogens is 1. The average molecular weight is 249 g/mol. The summed E-state index contributed by atoms with van der Waals surface area (Å²) in [5, 5.41) is 3.68. The Kier molecular flexibility index (Phi) is 3.41. The molecular formula is C13H12FNO3. The van der Waals surface area contributed by atoms with Gasteiger partial charge in [0.15, 0.2) is 0 Å². The number of methoxy groups -OCH3 is 1. The summed E-state index contributed by atoms with van der Waals surface area (Å²) >= 11 is 0. The van der Waals surface area contributed by atoms with Crippen LogP contribution in [0.3, 0.4) is 0 Å². The first-order valence-electron chi connectivity index (χ1n) is 5.48. The number of aryl methyl sites for hydroxylation is 1. The molecular weight excluding hydrogens is 237 g/mol. The smallest absolute Gasteiger partial charge is 0.337 e. The Hall–Kier alpha value is -2.17. The van der Waals surface area contributed by atoms with Gasteiger partial charge in [0.05, 0.1) is 18.9 Å². The highest BCUT2D eigenvalue weighted by Crippen LogP contribution is 2.26. The molecule has 2 aromatic rings. The highest BCUT2D eigenvalue weighted by Gasteiger charge is 2.14. The lowest BCUT2D eigenvalue weighted by molar-refractivity contribution is 0.0600.